The van der Waals surface area contributed by atoms with Crippen molar-refractivity contribution in [1.82, 2.24) is 4.57 Å². The number of hydrogen-bond acceptors (Lipinski definition) is 2. The average molecular weight is 335 g/mol. The molecule has 0 saturated heterocycles. The molecular weight excluding hydrogens is 308 g/mol. The number of hydrogen-bond donors (Lipinski definition) is 1. The number of nitrogens with zero attached hydrogens (tertiary/aromatic N) is 3. The zero-order chi connectivity index (χ0) is 17.6. The minimum Gasteiger partial charge on any atom is -0.376 e. The van der Waals surface area contributed by atoms with Crippen molar-refractivity contribution >= 4 is 17.1 Å². The molecule has 0 fully saturated rings. The summed E-state index contributed by atoms with van der Waals surface area (Å²) < 4.78 is 4.42. The van der Waals surface area contributed by atoms with Gasteiger partial charge in [-0.25, -0.2) is 9.13 Å². The van der Waals surface area contributed by atoms with Crippen LogP contribution in [0.25, 0.3) is 5.69 Å². The van der Waals surface area contributed by atoms with Gasteiger partial charge in [0.2, 0.25) is 6.33 Å². The molecular formula is C21H27N4+. The van der Waals surface area contributed by atoms with Crippen LogP contribution in [0.1, 0.15) is 19.8 Å². The van der Waals surface area contributed by atoms with Crippen molar-refractivity contribution in [3.63, 3.8) is 0 Å². The maximum atomic E-state index is 3.60. The standard InChI is InChI=1S/C21H27N4/c1-4-5-14-24-15-16-25(17-24)21-13-9-7-11-19(21)22-18-10-6-8-12-20(18)23(2)3/h6-13,15-17,22H,4-5,14H2,1-3H3/q+1. The van der Waals surface area contributed by atoms with E-state index in [0.717, 1.165) is 23.6 Å². The van der Waals surface area contributed by atoms with Gasteiger partial charge < -0.3 is 10.2 Å². The Balaban J connectivity index is 1.91. The Morgan fingerprint density at radius 3 is 2.48 bits per heavy atom. The Labute approximate surface area is 150 Å². The molecule has 1 heterocycles. The molecule has 0 aliphatic heterocycles. The van der Waals surface area contributed by atoms with Crippen LogP contribution in [0.3, 0.4) is 0 Å². The molecule has 0 unspecified atom stereocenters. The summed E-state index contributed by atoms with van der Waals surface area (Å²) in [6.07, 6.45) is 8.82. The summed E-state index contributed by atoms with van der Waals surface area (Å²) >= 11 is 0. The second kappa shape index (κ2) is 7.88. The summed E-state index contributed by atoms with van der Waals surface area (Å²) in [5.41, 5.74) is 4.51. The van der Waals surface area contributed by atoms with Crippen molar-refractivity contribution in [3.05, 3.63) is 67.3 Å². The first kappa shape index (κ1) is 17.1. The molecule has 0 atom stereocenters. The van der Waals surface area contributed by atoms with Gasteiger partial charge in [-0.2, -0.15) is 0 Å². The minimum atomic E-state index is 1.06. The van der Waals surface area contributed by atoms with Crippen LogP contribution in [-0.2, 0) is 6.54 Å². The first-order valence-electron chi connectivity index (χ1n) is 8.89. The lowest BCUT2D eigenvalue weighted by Gasteiger charge is -2.19. The van der Waals surface area contributed by atoms with Gasteiger partial charge in [0.1, 0.15) is 12.4 Å². The summed E-state index contributed by atoms with van der Waals surface area (Å²) in [5.74, 6) is 0. The Bertz CT molecular complexity index is 820. The van der Waals surface area contributed by atoms with Crippen molar-refractivity contribution in [2.45, 2.75) is 26.3 Å². The molecule has 25 heavy (non-hydrogen) atoms. The maximum absolute atomic E-state index is 3.60. The molecule has 0 aliphatic carbocycles. The third kappa shape index (κ3) is 4.02. The van der Waals surface area contributed by atoms with Crippen LogP contribution >= 0.6 is 0 Å². The molecule has 4 heteroatoms. The van der Waals surface area contributed by atoms with Crippen molar-refractivity contribution in [2.24, 2.45) is 0 Å². The van der Waals surface area contributed by atoms with Crippen molar-refractivity contribution < 1.29 is 4.57 Å². The molecule has 130 valence electrons. The molecule has 1 aromatic heterocycles. The second-order valence-corrected chi connectivity index (χ2v) is 6.47. The molecule has 2 aromatic carbocycles. The minimum absolute atomic E-state index is 1.06. The molecule has 0 aliphatic rings. The van der Waals surface area contributed by atoms with E-state index in [0.29, 0.717) is 0 Å². The third-order valence-corrected chi connectivity index (χ3v) is 4.30. The predicted octanol–water partition coefficient (Wildman–Crippen LogP) is 4.37. The molecule has 0 spiro atoms. The fourth-order valence-corrected chi connectivity index (χ4v) is 2.93. The highest BCUT2D eigenvalue weighted by Gasteiger charge is 2.12. The number of aryl methyl sites for hydroxylation is 1. The number of rotatable bonds is 7. The molecule has 0 amide bonds. The Hall–Kier alpha value is -2.75. The number of imidazole rings is 1. The van der Waals surface area contributed by atoms with Crippen LogP contribution in [0.5, 0.6) is 0 Å². The van der Waals surface area contributed by atoms with Gasteiger partial charge in [0.05, 0.1) is 23.6 Å². The quantitative estimate of drug-likeness (QED) is 0.648. The monoisotopic (exact) mass is 335 g/mol. The first-order chi connectivity index (χ1) is 12.2. The van der Waals surface area contributed by atoms with E-state index in [1.807, 2.05) is 0 Å². The zero-order valence-electron chi connectivity index (χ0n) is 15.3. The van der Waals surface area contributed by atoms with E-state index in [4.69, 9.17) is 0 Å². The lowest BCUT2D eigenvalue weighted by atomic mass is 10.2. The van der Waals surface area contributed by atoms with E-state index >= 15 is 0 Å². The van der Waals surface area contributed by atoms with Gasteiger partial charge in [0.15, 0.2) is 5.69 Å². The summed E-state index contributed by atoms with van der Waals surface area (Å²) in [5, 5.41) is 3.60. The Morgan fingerprint density at radius 1 is 1.00 bits per heavy atom. The van der Waals surface area contributed by atoms with Gasteiger partial charge >= 0.3 is 0 Å². The smallest absolute Gasteiger partial charge is 0.249 e. The van der Waals surface area contributed by atoms with E-state index < -0.39 is 0 Å². The number of aromatic nitrogens is 2. The fraction of sp³-hybridized carbons (Fsp3) is 0.286. The summed E-state index contributed by atoms with van der Waals surface area (Å²) in [6.45, 7) is 3.28. The fourth-order valence-electron chi connectivity index (χ4n) is 2.93. The Morgan fingerprint density at radius 2 is 1.72 bits per heavy atom. The molecule has 0 saturated carbocycles. The topological polar surface area (TPSA) is 24.1 Å². The van der Waals surface area contributed by atoms with Crippen LogP contribution in [0.4, 0.5) is 17.1 Å². The van der Waals surface area contributed by atoms with Crippen molar-refractivity contribution in [2.75, 3.05) is 24.3 Å². The number of para-hydroxylation sites is 4. The lowest BCUT2D eigenvalue weighted by Crippen LogP contribution is -2.30. The molecule has 3 aromatic rings. The maximum Gasteiger partial charge on any atom is 0.249 e. The van der Waals surface area contributed by atoms with Crippen molar-refractivity contribution in [3.8, 4) is 5.69 Å². The molecule has 3 rings (SSSR count). The van der Waals surface area contributed by atoms with Crippen molar-refractivity contribution in [1.29, 1.82) is 0 Å². The summed E-state index contributed by atoms with van der Waals surface area (Å²) in [7, 11) is 4.13. The van der Waals surface area contributed by atoms with Gasteiger partial charge in [-0.15, -0.1) is 0 Å². The number of anilines is 3. The largest absolute Gasteiger partial charge is 0.376 e. The summed E-state index contributed by atoms with van der Waals surface area (Å²) in [6, 6.07) is 16.8. The Kier molecular flexibility index (Phi) is 5.39. The third-order valence-electron chi connectivity index (χ3n) is 4.30. The van der Waals surface area contributed by atoms with E-state index in [1.54, 1.807) is 0 Å². The van der Waals surface area contributed by atoms with Gasteiger partial charge in [-0.1, -0.05) is 37.6 Å². The SMILES string of the molecule is CCCC[n+]1ccn(-c2ccccc2Nc2ccccc2N(C)C)c1. The van der Waals surface area contributed by atoms with Crippen LogP contribution in [0.2, 0.25) is 0 Å². The van der Waals surface area contributed by atoms with Gasteiger partial charge in [-0.05, 0) is 30.7 Å². The summed E-state index contributed by atoms with van der Waals surface area (Å²) in [4.78, 5) is 2.12. The van der Waals surface area contributed by atoms with Crippen LogP contribution in [0.15, 0.2) is 67.3 Å². The molecule has 0 radical (unpaired) electrons. The highest BCUT2D eigenvalue weighted by molar-refractivity contribution is 5.78. The van der Waals surface area contributed by atoms with E-state index in [2.05, 4.69) is 108 Å². The lowest BCUT2D eigenvalue weighted by molar-refractivity contribution is -0.696. The van der Waals surface area contributed by atoms with Crippen LogP contribution in [0, 0.1) is 0 Å². The number of unbranched alkanes of at least 4 members (excludes halogenated alkanes) is 1. The zero-order valence-corrected chi connectivity index (χ0v) is 15.3. The number of benzene rings is 2. The molecule has 0 bridgehead atoms. The van der Waals surface area contributed by atoms with E-state index in [9.17, 15) is 0 Å². The number of nitrogens with one attached hydrogen (secondary N) is 1. The van der Waals surface area contributed by atoms with E-state index in [-0.39, 0.29) is 0 Å². The first-order valence-corrected chi connectivity index (χ1v) is 8.89. The second-order valence-electron chi connectivity index (χ2n) is 6.47. The normalized spacial score (nSPS) is 10.7. The van der Waals surface area contributed by atoms with Gasteiger partial charge in [0, 0.05) is 14.1 Å². The van der Waals surface area contributed by atoms with Crippen LogP contribution < -0.4 is 14.8 Å². The highest BCUT2D eigenvalue weighted by Crippen LogP contribution is 2.30. The van der Waals surface area contributed by atoms with Gasteiger partial charge in [0.25, 0.3) is 0 Å². The van der Waals surface area contributed by atoms with Gasteiger partial charge in [-0.3, -0.25) is 0 Å². The van der Waals surface area contributed by atoms with Crippen LogP contribution in [-0.4, -0.2) is 18.7 Å². The highest BCUT2D eigenvalue weighted by atomic mass is 15.1. The molecule has 1 N–H and O–H groups in total. The average Bonchev–Trinajstić information content (AvgIpc) is 3.09. The predicted molar refractivity (Wildman–Crippen MR) is 105 cm³/mol. The van der Waals surface area contributed by atoms with E-state index in [1.165, 1.54) is 18.5 Å². The molecule has 4 nitrogen and oxygen atoms in total.